The first-order valence-electron chi connectivity index (χ1n) is 38.1. The standard InChI is InChI=1S/C77H149NO5/c1-3-5-7-9-11-13-15-17-19-21-23-24-30-34-37-41-45-49-53-57-61-65-69-75(80)74(73-79)78-76(81)70-66-62-58-54-50-46-42-38-35-31-28-26-25-27-29-32-36-40-44-48-52-56-60-64-68-72-83-77(82)71-67-63-59-55-51-47-43-39-33-22-20-18-16-14-12-10-8-6-4-2/h18,20,65,69,74-75,79-80H,3-17,19,21-64,66-68,70-73H2,1-2H3,(H,78,81)/b20-18-,69-65+. The maximum atomic E-state index is 12.5. The van der Waals surface area contributed by atoms with Gasteiger partial charge >= 0.3 is 5.97 Å². The number of unbranched alkanes of at least 4 members (excludes halogenated alkanes) is 59. The van der Waals surface area contributed by atoms with E-state index in [2.05, 4.69) is 31.3 Å². The third-order valence-electron chi connectivity index (χ3n) is 18.0. The number of hydrogen-bond donors (Lipinski definition) is 3. The van der Waals surface area contributed by atoms with Gasteiger partial charge in [0.1, 0.15) is 0 Å². The molecule has 0 aromatic rings. The highest BCUT2D eigenvalue weighted by atomic mass is 16.5. The molecule has 6 nitrogen and oxygen atoms in total. The predicted molar refractivity (Wildman–Crippen MR) is 366 cm³/mol. The van der Waals surface area contributed by atoms with Gasteiger partial charge in [-0.25, -0.2) is 0 Å². The predicted octanol–water partition coefficient (Wildman–Crippen LogP) is 24.9. The van der Waals surface area contributed by atoms with Gasteiger partial charge in [-0.1, -0.05) is 385 Å². The molecule has 0 spiro atoms. The SMILES string of the molecule is CCCCCCCC/C=C\CCCCCCCCCCCC(=O)OCCCCCCCCCCCCCCCCCCCCCCCCCCCC(=O)NC(CO)C(O)/C=C/CCCCCCCCCCCCCCCCCCCCCC. The van der Waals surface area contributed by atoms with Gasteiger partial charge in [0.15, 0.2) is 0 Å². The quantitative estimate of drug-likeness (QED) is 0.0320. The fraction of sp³-hybridized carbons (Fsp3) is 0.922. The number of aliphatic hydroxyl groups is 2. The van der Waals surface area contributed by atoms with Crippen LogP contribution in [0.4, 0.5) is 0 Å². The van der Waals surface area contributed by atoms with Crippen molar-refractivity contribution in [3.63, 3.8) is 0 Å². The number of carbonyl (C=O) groups excluding carboxylic acids is 2. The maximum Gasteiger partial charge on any atom is 0.305 e. The van der Waals surface area contributed by atoms with E-state index in [0.29, 0.717) is 19.4 Å². The fourth-order valence-electron chi connectivity index (χ4n) is 12.2. The summed E-state index contributed by atoms with van der Waals surface area (Å²) in [5.41, 5.74) is 0. The summed E-state index contributed by atoms with van der Waals surface area (Å²) in [5, 5.41) is 23.3. The van der Waals surface area contributed by atoms with Gasteiger partial charge in [0, 0.05) is 12.8 Å². The molecule has 0 aliphatic rings. The molecule has 6 heteroatoms. The molecule has 0 saturated carbocycles. The van der Waals surface area contributed by atoms with Crippen LogP contribution in [0.2, 0.25) is 0 Å². The zero-order valence-electron chi connectivity index (χ0n) is 56.5. The van der Waals surface area contributed by atoms with E-state index < -0.39 is 12.1 Å². The van der Waals surface area contributed by atoms with Crippen LogP contribution < -0.4 is 5.32 Å². The first-order chi connectivity index (χ1) is 41.0. The Kier molecular flexibility index (Phi) is 71.4. The minimum atomic E-state index is -0.844. The number of hydrogen-bond acceptors (Lipinski definition) is 5. The molecule has 0 fully saturated rings. The monoisotopic (exact) mass is 1170 g/mol. The highest BCUT2D eigenvalue weighted by molar-refractivity contribution is 5.76. The van der Waals surface area contributed by atoms with Crippen molar-refractivity contribution in [1.82, 2.24) is 5.32 Å². The van der Waals surface area contributed by atoms with Gasteiger partial charge in [-0.15, -0.1) is 0 Å². The maximum absolute atomic E-state index is 12.5. The number of aliphatic hydroxyl groups excluding tert-OH is 2. The van der Waals surface area contributed by atoms with Gasteiger partial charge in [0.2, 0.25) is 5.91 Å². The smallest absolute Gasteiger partial charge is 0.305 e. The molecule has 0 radical (unpaired) electrons. The molecule has 0 heterocycles. The zero-order valence-corrected chi connectivity index (χ0v) is 56.5. The van der Waals surface area contributed by atoms with Crippen LogP contribution in [-0.2, 0) is 14.3 Å². The average Bonchev–Trinajstić information content (AvgIpc) is 3.48. The van der Waals surface area contributed by atoms with Crippen molar-refractivity contribution in [1.29, 1.82) is 0 Å². The van der Waals surface area contributed by atoms with Crippen LogP contribution in [0.25, 0.3) is 0 Å². The van der Waals surface area contributed by atoms with Gasteiger partial charge in [0.25, 0.3) is 0 Å². The number of esters is 1. The second-order valence-electron chi connectivity index (χ2n) is 26.3. The summed E-state index contributed by atoms with van der Waals surface area (Å²) >= 11 is 0. The van der Waals surface area contributed by atoms with Crippen molar-refractivity contribution in [3.8, 4) is 0 Å². The van der Waals surface area contributed by atoms with Crippen LogP contribution in [0, 0.1) is 0 Å². The number of rotatable bonds is 72. The Labute approximate surface area is 520 Å². The second-order valence-corrected chi connectivity index (χ2v) is 26.3. The topological polar surface area (TPSA) is 95.9 Å². The zero-order chi connectivity index (χ0) is 59.9. The van der Waals surface area contributed by atoms with Crippen LogP contribution >= 0.6 is 0 Å². The van der Waals surface area contributed by atoms with Crippen molar-refractivity contribution in [3.05, 3.63) is 24.3 Å². The molecule has 0 aromatic heterocycles. The largest absolute Gasteiger partial charge is 0.466 e. The molecule has 0 aromatic carbocycles. The van der Waals surface area contributed by atoms with Gasteiger partial charge in [-0.3, -0.25) is 9.59 Å². The molecule has 83 heavy (non-hydrogen) atoms. The molecule has 1 amide bonds. The van der Waals surface area contributed by atoms with Crippen molar-refractivity contribution in [2.24, 2.45) is 0 Å². The van der Waals surface area contributed by atoms with Crippen LogP contribution in [0.1, 0.15) is 431 Å². The molecule has 2 atom stereocenters. The summed E-state index contributed by atoms with van der Waals surface area (Å²) in [6.45, 7) is 4.95. The highest BCUT2D eigenvalue weighted by Crippen LogP contribution is 2.19. The summed E-state index contributed by atoms with van der Waals surface area (Å²) in [6, 6.07) is -0.628. The lowest BCUT2D eigenvalue weighted by molar-refractivity contribution is -0.143. The van der Waals surface area contributed by atoms with Crippen LogP contribution in [0.15, 0.2) is 24.3 Å². The molecule has 0 rings (SSSR count). The third kappa shape index (κ3) is 69.3. The fourth-order valence-corrected chi connectivity index (χ4v) is 12.2. The van der Waals surface area contributed by atoms with Crippen molar-refractivity contribution in [2.75, 3.05) is 13.2 Å². The molecule has 492 valence electrons. The van der Waals surface area contributed by atoms with Gasteiger partial charge in [0.05, 0.1) is 25.4 Å². The van der Waals surface area contributed by atoms with Crippen LogP contribution in [0.5, 0.6) is 0 Å². The van der Waals surface area contributed by atoms with E-state index in [1.54, 1.807) is 6.08 Å². The molecular formula is C77H149NO5. The van der Waals surface area contributed by atoms with E-state index in [0.717, 1.165) is 38.5 Å². The lowest BCUT2D eigenvalue weighted by Crippen LogP contribution is -2.45. The highest BCUT2D eigenvalue weighted by Gasteiger charge is 2.18. The number of carbonyl (C=O) groups is 2. The Morgan fingerprint density at radius 2 is 0.566 bits per heavy atom. The van der Waals surface area contributed by atoms with E-state index in [-0.39, 0.29) is 18.5 Å². The molecule has 0 aliphatic carbocycles. The molecule has 3 N–H and O–H groups in total. The van der Waals surface area contributed by atoms with Crippen molar-refractivity contribution in [2.45, 2.75) is 443 Å². The van der Waals surface area contributed by atoms with Crippen LogP contribution in [-0.4, -0.2) is 47.4 Å². The molecular weight excluding hydrogens is 1020 g/mol. The van der Waals surface area contributed by atoms with E-state index in [9.17, 15) is 19.8 Å². The number of amides is 1. The summed E-state index contributed by atoms with van der Waals surface area (Å²) in [6.07, 6.45) is 92.8. The number of nitrogens with one attached hydrogen (secondary N) is 1. The molecule has 0 saturated heterocycles. The van der Waals surface area contributed by atoms with E-state index in [1.807, 2.05) is 6.08 Å². The third-order valence-corrected chi connectivity index (χ3v) is 18.0. The van der Waals surface area contributed by atoms with Gasteiger partial charge in [-0.2, -0.15) is 0 Å². The Morgan fingerprint density at radius 3 is 0.855 bits per heavy atom. The summed E-state index contributed by atoms with van der Waals surface area (Å²) in [5.74, 6) is -0.0448. The minimum Gasteiger partial charge on any atom is -0.466 e. The summed E-state index contributed by atoms with van der Waals surface area (Å²) in [7, 11) is 0. The number of ether oxygens (including phenoxy) is 1. The van der Waals surface area contributed by atoms with Crippen molar-refractivity contribution < 1.29 is 24.5 Å². The molecule has 0 bridgehead atoms. The lowest BCUT2D eigenvalue weighted by atomic mass is 10.0. The van der Waals surface area contributed by atoms with Crippen molar-refractivity contribution >= 4 is 11.9 Å². The van der Waals surface area contributed by atoms with Crippen LogP contribution in [0.3, 0.4) is 0 Å². The minimum absolute atomic E-state index is 0.0167. The first kappa shape index (κ1) is 81.3. The second kappa shape index (κ2) is 72.8. The normalized spacial score (nSPS) is 12.6. The van der Waals surface area contributed by atoms with E-state index in [1.165, 1.54) is 366 Å². The Bertz CT molecular complexity index is 1300. The number of allylic oxidation sites excluding steroid dienone is 3. The van der Waals surface area contributed by atoms with E-state index >= 15 is 0 Å². The summed E-state index contributed by atoms with van der Waals surface area (Å²) < 4.78 is 5.51. The van der Waals surface area contributed by atoms with Gasteiger partial charge in [-0.05, 0) is 57.8 Å². The van der Waals surface area contributed by atoms with E-state index in [4.69, 9.17) is 4.74 Å². The molecule has 2 unspecified atom stereocenters. The Hall–Kier alpha value is -1.66. The lowest BCUT2D eigenvalue weighted by Gasteiger charge is -2.20. The van der Waals surface area contributed by atoms with Gasteiger partial charge < -0.3 is 20.3 Å². The molecule has 0 aliphatic heterocycles. The average molecular weight is 1170 g/mol. The summed E-state index contributed by atoms with van der Waals surface area (Å²) in [4.78, 5) is 24.7. The first-order valence-corrected chi connectivity index (χ1v) is 38.1. The Morgan fingerprint density at radius 1 is 0.325 bits per heavy atom. The Balaban J connectivity index is 3.37.